The van der Waals surface area contributed by atoms with Crippen molar-refractivity contribution in [3.63, 3.8) is 0 Å². The lowest BCUT2D eigenvalue weighted by Crippen LogP contribution is -2.53. The normalized spacial score (nSPS) is 53.0. The van der Waals surface area contributed by atoms with Crippen molar-refractivity contribution in [2.45, 2.75) is 84.5 Å². The Labute approximate surface area is 130 Å². The van der Waals surface area contributed by atoms with E-state index in [1.165, 1.54) is 57.8 Å². The summed E-state index contributed by atoms with van der Waals surface area (Å²) in [5.41, 5.74) is 1.22. The fraction of sp³-hybridized carbons (Fsp3) is 0.950. The zero-order chi connectivity index (χ0) is 14.7. The molecule has 0 aliphatic heterocycles. The molecule has 0 bridgehead atoms. The Balaban J connectivity index is 1.63. The Bertz CT molecular complexity index is 441. The van der Waals surface area contributed by atoms with E-state index in [9.17, 15) is 4.79 Å². The van der Waals surface area contributed by atoms with Crippen LogP contribution in [-0.2, 0) is 4.79 Å². The summed E-state index contributed by atoms with van der Waals surface area (Å²) in [7, 11) is 0. The number of hydrogen-bond acceptors (Lipinski definition) is 1. The molecule has 4 rings (SSSR count). The Kier molecular flexibility index (Phi) is 3.28. The third-order valence-electron chi connectivity index (χ3n) is 8.71. The van der Waals surface area contributed by atoms with Crippen LogP contribution in [0.3, 0.4) is 0 Å². The average Bonchev–Trinajstić information content (AvgIpc) is 2.92. The van der Waals surface area contributed by atoms with Crippen LogP contribution < -0.4 is 0 Å². The molecule has 1 nitrogen and oxygen atoms in total. The summed E-state index contributed by atoms with van der Waals surface area (Å²) in [6, 6.07) is 0. The van der Waals surface area contributed by atoms with Gasteiger partial charge in [-0.2, -0.15) is 0 Å². The van der Waals surface area contributed by atoms with E-state index >= 15 is 0 Å². The molecule has 1 heteroatoms. The number of ketones is 1. The molecule has 0 heterocycles. The lowest BCUT2D eigenvalue weighted by molar-refractivity contribution is -0.138. The Morgan fingerprint density at radius 2 is 1.90 bits per heavy atom. The van der Waals surface area contributed by atoms with Crippen molar-refractivity contribution < 1.29 is 4.79 Å². The molecule has 4 aliphatic rings. The van der Waals surface area contributed by atoms with Gasteiger partial charge in [0.05, 0.1) is 0 Å². The quantitative estimate of drug-likeness (QED) is 0.633. The maximum Gasteiger partial charge on any atom is 0.133 e. The maximum absolute atomic E-state index is 11.9. The number of rotatable bonds is 1. The standard InChI is InChI=1S/C20H32O/c1-3-20-10-4-5-18(20)16-7-6-14-13-15(21)8-11-19(14,2)17(16)9-12-20/h14,16-18H,3-13H2,1-2H3/t14?,16-,17+,18+,19+,20+/m1/s1. The molecule has 6 atom stereocenters. The van der Waals surface area contributed by atoms with Crippen LogP contribution in [0.2, 0.25) is 0 Å². The van der Waals surface area contributed by atoms with Crippen molar-refractivity contribution in [1.29, 1.82) is 0 Å². The number of hydrogen-bond donors (Lipinski definition) is 0. The topological polar surface area (TPSA) is 17.1 Å². The molecule has 0 aromatic carbocycles. The number of fused-ring (bicyclic) bond motifs is 5. The smallest absolute Gasteiger partial charge is 0.133 e. The maximum atomic E-state index is 11.9. The predicted octanol–water partition coefficient (Wildman–Crippen LogP) is 5.38. The second-order valence-electron chi connectivity index (χ2n) is 9.05. The van der Waals surface area contributed by atoms with Crippen molar-refractivity contribution >= 4 is 5.78 Å². The van der Waals surface area contributed by atoms with Crippen molar-refractivity contribution in [3.8, 4) is 0 Å². The van der Waals surface area contributed by atoms with E-state index in [1.54, 1.807) is 0 Å². The molecule has 4 fully saturated rings. The molecule has 21 heavy (non-hydrogen) atoms. The molecule has 0 amide bonds. The molecule has 0 aromatic heterocycles. The molecule has 0 spiro atoms. The van der Waals surface area contributed by atoms with Gasteiger partial charge in [-0.25, -0.2) is 0 Å². The lowest BCUT2D eigenvalue weighted by Gasteiger charge is -2.60. The first-order valence-electron chi connectivity index (χ1n) is 9.61. The highest BCUT2D eigenvalue weighted by Crippen LogP contribution is 2.66. The van der Waals surface area contributed by atoms with E-state index in [0.29, 0.717) is 11.2 Å². The van der Waals surface area contributed by atoms with Gasteiger partial charge in [-0.1, -0.05) is 26.7 Å². The van der Waals surface area contributed by atoms with Crippen LogP contribution in [0.5, 0.6) is 0 Å². The molecule has 4 saturated carbocycles. The molecule has 4 aliphatic carbocycles. The SMILES string of the molecule is CC[C@@]12CCC[C@H]1[C@@H]1CCC3CC(=O)CC[C@]3(C)[C@H]1CC2. The van der Waals surface area contributed by atoms with Crippen molar-refractivity contribution in [3.05, 3.63) is 0 Å². The summed E-state index contributed by atoms with van der Waals surface area (Å²) >= 11 is 0. The van der Waals surface area contributed by atoms with E-state index in [4.69, 9.17) is 0 Å². The van der Waals surface area contributed by atoms with Crippen LogP contribution in [0.4, 0.5) is 0 Å². The zero-order valence-corrected chi connectivity index (χ0v) is 14.0. The summed E-state index contributed by atoms with van der Waals surface area (Å²) in [5, 5.41) is 0. The second kappa shape index (κ2) is 4.83. The fourth-order valence-corrected chi connectivity index (χ4v) is 7.46. The summed E-state index contributed by atoms with van der Waals surface area (Å²) in [6.45, 7) is 5.01. The van der Waals surface area contributed by atoms with Gasteiger partial charge in [-0.3, -0.25) is 4.79 Å². The largest absolute Gasteiger partial charge is 0.300 e. The van der Waals surface area contributed by atoms with E-state index in [1.807, 2.05) is 0 Å². The predicted molar refractivity (Wildman–Crippen MR) is 86.0 cm³/mol. The van der Waals surface area contributed by atoms with Gasteiger partial charge >= 0.3 is 0 Å². The highest BCUT2D eigenvalue weighted by atomic mass is 16.1. The van der Waals surface area contributed by atoms with Gasteiger partial charge in [0, 0.05) is 12.8 Å². The second-order valence-corrected chi connectivity index (χ2v) is 9.05. The van der Waals surface area contributed by atoms with Crippen LogP contribution in [0.15, 0.2) is 0 Å². The minimum atomic E-state index is 0.499. The third kappa shape index (κ3) is 1.91. The van der Waals surface area contributed by atoms with E-state index in [0.717, 1.165) is 41.9 Å². The molecule has 0 saturated heterocycles. The van der Waals surface area contributed by atoms with Crippen LogP contribution in [0, 0.1) is 34.5 Å². The van der Waals surface area contributed by atoms with E-state index in [2.05, 4.69) is 13.8 Å². The highest BCUT2D eigenvalue weighted by molar-refractivity contribution is 5.79. The van der Waals surface area contributed by atoms with Gasteiger partial charge in [-0.05, 0) is 79.4 Å². The van der Waals surface area contributed by atoms with Gasteiger partial charge < -0.3 is 0 Å². The summed E-state index contributed by atoms with van der Waals surface area (Å²) < 4.78 is 0. The van der Waals surface area contributed by atoms with Gasteiger partial charge in [0.15, 0.2) is 0 Å². The molecule has 0 radical (unpaired) electrons. The Morgan fingerprint density at radius 3 is 2.71 bits per heavy atom. The number of carbonyl (C=O) groups is 1. The number of Topliss-reactive ketones (excluding diaryl/α,β-unsaturated/α-hetero) is 1. The summed E-state index contributed by atoms with van der Waals surface area (Å²) in [5.74, 6) is 4.23. The van der Waals surface area contributed by atoms with E-state index < -0.39 is 0 Å². The third-order valence-corrected chi connectivity index (χ3v) is 8.71. The van der Waals surface area contributed by atoms with Crippen LogP contribution in [0.25, 0.3) is 0 Å². The summed E-state index contributed by atoms with van der Waals surface area (Å²) in [6.07, 6.45) is 14.6. The molecule has 118 valence electrons. The van der Waals surface area contributed by atoms with Crippen LogP contribution in [0.1, 0.15) is 84.5 Å². The first-order valence-corrected chi connectivity index (χ1v) is 9.61. The van der Waals surface area contributed by atoms with Crippen LogP contribution >= 0.6 is 0 Å². The Morgan fingerprint density at radius 1 is 1.05 bits per heavy atom. The Hall–Kier alpha value is -0.330. The highest BCUT2D eigenvalue weighted by Gasteiger charge is 2.58. The molecule has 0 aromatic rings. The minimum absolute atomic E-state index is 0.499. The van der Waals surface area contributed by atoms with Gasteiger partial charge in [0.2, 0.25) is 0 Å². The molecular weight excluding hydrogens is 256 g/mol. The monoisotopic (exact) mass is 288 g/mol. The van der Waals surface area contributed by atoms with Gasteiger partial charge in [0.1, 0.15) is 5.78 Å². The fourth-order valence-electron chi connectivity index (χ4n) is 7.46. The van der Waals surface area contributed by atoms with Crippen LogP contribution in [-0.4, -0.2) is 5.78 Å². The molecule has 1 unspecified atom stereocenters. The minimum Gasteiger partial charge on any atom is -0.300 e. The first kappa shape index (κ1) is 14.3. The van der Waals surface area contributed by atoms with Gasteiger partial charge in [-0.15, -0.1) is 0 Å². The average molecular weight is 288 g/mol. The molecular formula is C20H32O. The first-order chi connectivity index (χ1) is 10.1. The zero-order valence-electron chi connectivity index (χ0n) is 14.0. The van der Waals surface area contributed by atoms with E-state index in [-0.39, 0.29) is 0 Å². The van der Waals surface area contributed by atoms with Crippen molar-refractivity contribution in [1.82, 2.24) is 0 Å². The lowest BCUT2D eigenvalue weighted by atomic mass is 9.45. The molecule has 0 N–H and O–H groups in total. The van der Waals surface area contributed by atoms with Crippen molar-refractivity contribution in [2.75, 3.05) is 0 Å². The van der Waals surface area contributed by atoms with Gasteiger partial charge in [0.25, 0.3) is 0 Å². The van der Waals surface area contributed by atoms with Crippen molar-refractivity contribution in [2.24, 2.45) is 34.5 Å². The number of carbonyl (C=O) groups excluding carboxylic acids is 1. The summed E-state index contributed by atoms with van der Waals surface area (Å²) in [4.78, 5) is 11.9.